The van der Waals surface area contributed by atoms with Crippen LogP contribution in [0.15, 0.2) is 0 Å². The summed E-state index contributed by atoms with van der Waals surface area (Å²) in [5, 5.41) is 11.9. The van der Waals surface area contributed by atoms with Crippen LogP contribution < -0.4 is 5.32 Å². The standard InChI is InChI=1S/C9H18N2O2/c1-7-6-11(4-3-9(12)13)8(2)5-10-7/h7-8,10H,3-6H2,1-2H3,(H,12,13). The molecule has 0 aromatic heterocycles. The van der Waals surface area contributed by atoms with Crippen LogP contribution in [0, 0.1) is 0 Å². The number of nitrogens with one attached hydrogen (secondary N) is 1. The average Bonchev–Trinajstić information content (AvgIpc) is 2.06. The Bertz CT molecular complexity index is 184. The van der Waals surface area contributed by atoms with Crippen molar-refractivity contribution in [2.45, 2.75) is 32.4 Å². The Labute approximate surface area is 78.9 Å². The van der Waals surface area contributed by atoms with E-state index in [9.17, 15) is 4.79 Å². The van der Waals surface area contributed by atoms with Gasteiger partial charge in [-0.2, -0.15) is 0 Å². The number of piperazine rings is 1. The van der Waals surface area contributed by atoms with Gasteiger partial charge in [0.05, 0.1) is 6.42 Å². The third kappa shape index (κ3) is 3.32. The maximum Gasteiger partial charge on any atom is 0.304 e. The predicted octanol–water partition coefficient (Wildman–Crippen LogP) is 0.143. The third-order valence-electron chi connectivity index (χ3n) is 2.51. The Balaban J connectivity index is 2.33. The molecule has 0 aliphatic carbocycles. The molecule has 1 aliphatic rings. The van der Waals surface area contributed by atoms with Crippen LogP contribution in [0.2, 0.25) is 0 Å². The maximum atomic E-state index is 10.4. The molecule has 4 heteroatoms. The summed E-state index contributed by atoms with van der Waals surface area (Å²) in [6, 6.07) is 0.931. The first-order chi connectivity index (χ1) is 6.09. The molecule has 0 bridgehead atoms. The molecule has 76 valence electrons. The van der Waals surface area contributed by atoms with E-state index in [4.69, 9.17) is 5.11 Å². The molecule has 2 unspecified atom stereocenters. The molecule has 0 aromatic carbocycles. The lowest BCUT2D eigenvalue weighted by molar-refractivity contribution is -0.137. The Kier molecular flexibility index (Phi) is 3.69. The number of carbonyl (C=O) groups is 1. The molecule has 0 amide bonds. The van der Waals surface area contributed by atoms with Crippen LogP contribution in [-0.4, -0.2) is 47.7 Å². The van der Waals surface area contributed by atoms with Crippen LogP contribution in [0.3, 0.4) is 0 Å². The van der Waals surface area contributed by atoms with Gasteiger partial charge in [-0.05, 0) is 13.8 Å². The molecule has 1 aliphatic heterocycles. The zero-order valence-electron chi connectivity index (χ0n) is 8.29. The van der Waals surface area contributed by atoms with Gasteiger partial charge in [0.15, 0.2) is 0 Å². The zero-order valence-corrected chi connectivity index (χ0v) is 8.29. The molecule has 0 spiro atoms. The maximum absolute atomic E-state index is 10.4. The van der Waals surface area contributed by atoms with Gasteiger partial charge < -0.3 is 10.4 Å². The van der Waals surface area contributed by atoms with Crippen LogP contribution >= 0.6 is 0 Å². The van der Waals surface area contributed by atoms with Crippen molar-refractivity contribution in [1.82, 2.24) is 10.2 Å². The Morgan fingerprint density at radius 2 is 2.31 bits per heavy atom. The summed E-state index contributed by atoms with van der Waals surface area (Å²) in [7, 11) is 0. The summed E-state index contributed by atoms with van der Waals surface area (Å²) in [6.07, 6.45) is 0.247. The smallest absolute Gasteiger partial charge is 0.304 e. The Morgan fingerprint density at radius 1 is 1.62 bits per heavy atom. The van der Waals surface area contributed by atoms with Gasteiger partial charge in [-0.15, -0.1) is 0 Å². The SMILES string of the molecule is CC1CN(CCC(=O)O)C(C)CN1. The van der Waals surface area contributed by atoms with E-state index in [0.717, 1.165) is 13.1 Å². The van der Waals surface area contributed by atoms with Crippen LogP contribution in [0.5, 0.6) is 0 Å². The lowest BCUT2D eigenvalue weighted by Crippen LogP contribution is -2.54. The van der Waals surface area contributed by atoms with E-state index in [0.29, 0.717) is 18.6 Å². The van der Waals surface area contributed by atoms with E-state index in [1.54, 1.807) is 0 Å². The fourth-order valence-electron chi connectivity index (χ4n) is 1.65. The minimum Gasteiger partial charge on any atom is -0.481 e. The number of carboxylic acids is 1. The number of aliphatic carboxylic acids is 1. The molecule has 2 atom stereocenters. The number of hydrogen-bond acceptors (Lipinski definition) is 3. The highest BCUT2D eigenvalue weighted by atomic mass is 16.4. The fourth-order valence-corrected chi connectivity index (χ4v) is 1.65. The van der Waals surface area contributed by atoms with Crippen molar-refractivity contribution in [3.05, 3.63) is 0 Å². The molecule has 4 nitrogen and oxygen atoms in total. The lowest BCUT2D eigenvalue weighted by atomic mass is 10.1. The summed E-state index contributed by atoms with van der Waals surface area (Å²) >= 11 is 0. The average molecular weight is 186 g/mol. The molecule has 1 fully saturated rings. The van der Waals surface area contributed by atoms with Gasteiger partial charge in [-0.1, -0.05) is 0 Å². The van der Waals surface area contributed by atoms with E-state index in [1.807, 2.05) is 0 Å². The second kappa shape index (κ2) is 4.58. The van der Waals surface area contributed by atoms with Gasteiger partial charge in [0.2, 0.25) is 0 Å². The zero-order chi connectivity index (χ0) is 9.84. The van der Waals surface area contributed by atoms with Crippen molar-refractivity contribution in [3.63, 3.8) is 0 Å². The first kappa shape index (κ1) is 10.5. The molecule has 2 N–H and O–H groups in total. The Hall–Kier alpha value is -0.610. The van der Waals surface area contributed by atoms with E-state index in [2.05, 4.69) is 24.1 Å². The van der Waals surface area contributed by atoms with Gasteiger partial charge in [-0.25, -0.2) is 0 Å². The number of hydrogen-bond donors (Lipinski definition) is 2. The van der Waals surface area contributed by atoms with Crippen molar-refractivity contribution < 1.29 is 9.90 Å². The molecule has 0 saturated carbocycles. The molecule has 1 saturated heterocycles. The molecular formula is C9H18N2O2. The van der Waals surface area contributed by atoms with Crippen LogP contribution in [0.4, 0.5) is 0 Å². The Morgan fingerprint density at radius 3 is 2.92 bits per heavy atom. The highest BCUT2D eigenvalue weighted by Crippen LogP contribution is 2.06. The van der Waals surface area contributed by atoms with Gasteiger partial charge in [0, 0.05) is 31.7 Å². The minimum absolute atomic E-state index is 0.247. The van der Waals surface area contributed by atoms with Crippen LogP contribution in [-0.2, 0) is 4.79 Å². The third-order valence-corrected chi connectivity index (χ3v) is 2.51. The van der Waals surface area contributed by atoms with Crippen molar-refractivity contribution in [2.75, 3.05) is 19.6 Å². The summed E-state index contributed by atoms with van der Waals surface area (Å²) in [5.74, 6) is -0.710. The lowest BCUT2D eigenvalue weighted by Gasteiger charge is -2.37. The summed E-state index contributed by atoms with van der Waals surface area (Å²) in [5.41, 5.74) is 0. The van der Waals surface area contributed by atoms with Gasteiger partial charge in [-0.3, -0.25) is 9.69 Å². The topological polar surface area (TPSA) is 52.6 Å². The van der Waals surface area contributed by atoms with Crippen molar-refractivity contribution >= 4 is 5.97 Å². The molecule has 0 aromatic rings. The molecule has 13 heavy (non-hydrogen) atoms. The molecular weight excluding hydrogens is 168 g/mol. The quantitative estimate of drug-likeness (QED) is 0.658. The van der Waals surface area contributed by atoms with Gasteiger partial charge in [0.25, 0.3) is 0 Å². The largest absolute Gasteiger partial charge is 0.481 e. The first-order valence-corrected chi connectivity index (χ1v) is 4.79. The van der Waals surface area contributed by atoms with E-state index >= 15 is 0 Å². The second-order valence-corrected chi connectivity index (χ2v) is 3.80. The van der Waals surface area contributed by atoms with E-state index < -0.39 is 5.97 Å². The van der Waals surface area contributed by atoms with Crippen LogP contribution in [0.1, 0.15) is 20.3 Å². The minimum atomic E-state index is -0.710. The summed E-state index contributed by atoms with van der Waals surface area (Å²) in [4.78, 5) is 12.6. The number of nitrogens with zero attached hydrogens (tertiary/aromatic N) is 1. The number of rotatable bonds is 3. The molecule has 1 heterocycles. The van der Waals surface area contributed by atoms with Crippen molar-refractivity contribution in [2.24, 2.45) is 0 Å². The second-order valence-electron chi connectivity index (χ2n) is 3.80. The van der Waals surface area contributed by atoms with Gasteiger partial charge in [0.1, 0.15) is 0 Å². The summed E-state index contributed by atoms with van der Waals surface area (Å²) in [6.45, 7) is 6.83. The monoisotopic (exact) mass is 186 g/mol. The van der Waals surface area contributed by atoms with Crippen LogP contribution in [0.25, 0.3) is 0 Å². The van der Waals surface area contributed by atoms with Crippen molar-refractivity contribution in [1.29, 1.82) is 0 Å². The van der Waals surface area contributed by atoms with E-state index in [-0.39, 0.29) is 6.42 Å². The van der Waals surface area contributed by atoms with Gasteiger partial charge >= 0.3 is 5.97 Å². The first-order valence-electron chi connectivity index (χ1n) is 4.79. The van der Waals surface area contributed by atoms with Crippen molar-refractivity contribution in [3.8, 4) is 0 Å². The number of carboxylic acid groups (broad SMARTS) is 1. The highest BCUT2D eigenvalue weighted by molar-refractivity contribution is 5.66. The predicted molar refractivity (Wildman–Crippen MR) is 50.8 cm³/mol. The van der Waals surface area contributed by atoms with E-state index in [1.165, 1.54) is 0 Å². The fraction of sp³-hybridized carbons (Fsp3) is 0.889. The molecule has 1 rings (SSSR count). The molecule has 0 radical (unpaired) electrons. The highest BCUT2D eigenvalue weighted by Gasteiger charge is 2.22. The summed E-state index contributed by atoms with van der Waals surface area (Å²) < 4.78 is 0. The normalized spacial score (nSPS) is 30.3.